The lowest BCUT2D eigenvalue weighted by molar-refractivity contribution is 0.711. The molecule has 0 saturated carbocycles. The molecule has 0 heterocycles. The zero-order valence-electron chi connectivity index (χ0n) is 10.7. The molecule has 1 heteroatoms. The molecule has 84 valence electrons. The smallest absolute Gasteiger partial charge is 0.00520 e. The van der Waals surface area contributed by atoms with Crippen molar-refractivity contribution in [2.24, 2.45) is 0 Å². The van der Waals surface area contributed by atoms with Crippen LogP contribution in [0.2, 0.25) is 0 Å². The maximum absolute atomic E-state index is 3.07. The van der Waals surface area contributed by atoms with Crippen LogP contribution in [0, 0.1) is 0 Å². The summed E-state index contributed by atoms with van der Waals surface area (Å²) in [5.41, 5.74) is 0. The van der Waals surface area contributed by atoms with Gasteiger partial charge in [-0.2, -0.15) is 0 Å². The molecule has 0 atom stereocenters. The summed E-state index contributed by atoms with van der Waals surface area (Å²) in [4.78, 5) is 0. The second-order valence-electron chi connectivity index (χ2n) is 2.81. The standard InChI is InChI=1S/C5H13N.C5H12.C2H6/c1-3-4-5-6-2;1-3-5-4-2;1-2/h6H,3-5H2,1-2H3;3-5H2,1-2H3;1-2H3. The zero-order chi connectivity index (χ0) is 10.9. The third-order valence-electron chi connectivity index (χ3n) is 1.49. The Labute approximate surface area is 86.3 Å². The van der Waals surface area contributed by atoms with Crippen molar-refractivity contribution < 1.29 is 0 Å². The van der Waals surface area contributed by atoms with E-state index in [0.29, 0.717) is 0 Å². The molecule has 1 nitrogen and oxygen atoms in total. The Kier molecular flexibility index (Phi) is 42.6. The molecule has 1 N–H and O–H groups in total. The molecule has 0 saturated heterocycles. The van der Waals surface area contributed by atoms with Crippen LogP contribution in [0.15, 0.2) is 0 Å². The number of hydrogen-bond acceptors (Lipinski definition) is 1. The lowest BCUT2D eigenvalue weighted by atomic mass is 10.3. The van der Waals surface area contributed by atoms with Gasteiger partial charge in [0, 0.05) is 0 Å². The van der Waals surface area contributed by atoms with Gasteiger partial charge in [0.1, 0.15) is 0 Å². The van der Waals surface area contributed by atoms with Gasteiger partial charge in [-0.15, -0.1) is 0 Å². The minimum Gasteiger partial charge on any atom is -0.320 e. The molecule has 13 heavy (non-hydrogen) atoms. The van der Waals surface area contributed by atoms with E-state index in [1.807, 2.05) is 20.9 Å². The molecule has 0 fully saturated rings. The molecule has 0 bridgehead atoms. The summed E-state index contributed by atoms with van der Waals surface area (Å²) >= 11 is 0. The van der Waals surface area contributed by atoms with Gasteiger partial charge >= 0.3 is 0 Å². The van der Waals surface area contributed by atoms with E-state index in [1.54, 1.807) is 0 Å². The Morgan fingerprint density at radius 2 is 1.15 bits per heavy atom. The molecule has 0 amide bonds. The van der Waals surface area contributed by atoms with Crippen LogP contribution in [-0.2, 0) is 0 Å². The third kappa shape index (κ3) is 48.2. The highest BCUT2D eigenvalue weighted by atomic mass is 14.8. The highest BCUT2D eigenvalue weighted by Crippen LogP contribution is 1.88. The number of nitrogens with one attached hydrogen (secondary N) is 1. The van der Waals surface area contributed by atoms with Crippen molar-refractivity contribution in [3.8, 4) is 0 Å². The van der Waals surface area contributed by atoms with E-state index < -0.39 is 0 Å². The van der Waals surface area contributed by atoms with E-state index in [9.17, 15) is 0 Å². The zero-order valence-corrected chi connectivity index (χ0v) is 10.7. The van der Waals surface area contributed by atoms with Gasteiger partial charge in [0.25, 0.3) is 0 Å². The summed E-state index contributed by atoms with van der Waals surface area (Å²) in [7, 11) is 1.98. The summed E-state index contributed by atoms with van der Waals surface area (Å²) in [5, 5.41) is 3.07. The predicted molar refractivity (Wildman–Crippen MR) is 65.4 cm³/mol. The number of hydrogen-bond donors (Lipinski definition) is 1. The summed E-state index contributed by atoms with van der Waals surface area (Å²) in [6.45, 7) is 11.8. The van der Waals surface area contributed by atoms with E-state index in [4.69, 9.17) is 0 Å². The van der Waals surface area contributed by atoms with Crippen LogP contribution in [0.5, 0.6) is 0 Å². The molecule has 0 aliphatic rings. The van der Waals surface area contributed by atoms with Crippen LogP contribution >= 0.6 is 0 Å². The quantitative estimate of drug-likeness (QED) is 0.638. The van der Waals surface area contributed by atoms with Gasteiger partial charge in [0.2, 0.25) is 0 Å². The van der Waals surface area contributed by atoms with Gasteiger partial charge in [-0.25, -0.2) is 0 Å². The molecule has 0 aliphatic carbocycles. The third-order valence-corrected chi connectivity index (χ3v) is 1.49. The van der Waals surface area contributed by atoms with Crippen molar-refractivity contribution in [3.05, 3.63) is 0 Å². The fourth-order valence-corrected chi connectivity index (χ4v) is 0.707. The van der Waals surface area contributed by atoms with Crippen LogP contribution < -0.4 is 5.32 Å². The Morgan fingerprint density at radius 1 is 0.769 bits per heavy atom. The lowest BCUT2D eigenvalue weighted by Gasteiger charge is -1.89. The van der Waals surface area contributed by atoms with Gasteiger partial charge in [-0.05, 0) is 20.0 Å². The van der Waals surface area contributed by atoms with Crippen LogP contribution in [0.4, 0.5) is 0 Å². The van der Waals surface area contributed by atoms with E-state index in [0.717, 1.165) is 6.54 Å². The second-order valence-corrected chi connectivity index (χ2v) is 2.81. The highest BCUT2D eigenvalue weighted by molar-refractivity contribution is 4.34. The molecule has 0 aromatic carbocycles. The summed E-state index contributed by atoms with van der Waals surface area (Å²) in [6.07, 6.45) is 6.67. The maximum Gasteiger partial charge on any atom is -0.00520 e. The van der Waals surface area contributed by atoms with Crippen molar-refractivity contribution in [3.63, 3.8) is 0 Å². The van der Waals surface area contributed by atoms with Crippen LogP contribution in [0.1, 0.15) is 66.7 Å². The Hall–Kier alpha value is -0.0400. The van der Waals surface area contributed by atoms with Gasteiger partial charge < -0.3 is 5.32 Å². The first kappa shape index (κ1) is 18.7. The molecular weight excluding hydrogens is 158 g/mol. The molecule has 0 aromatic heterocycles. The lowest BCUT2D eigenvalue weighted by Crippen LogP contribution is -2.06. The molecule has 0 spiro atoms. The van der Waals surface area contributed by atoms with Gasteiger partial charge in [-0.1, -0.05) is 60.3 Å². The average Bonchev–Trinajstić information content (AvgIpc) is 2.20. The molecular formula is C12H31N. The number of unbranched alkanes of at least 4 members (excludes halogenated alkanes) is 3. The maximum atomic E-state index is 3.07. The number of rotatable bonds is 5. The topological polar surface area (TPSA) is 12.0 Å². The molecule has 0 radical (unpaired) electrons. The minimum atomic E-state index is 1.16. The van der Waals surface area contributed by atoms with Crippen molar-refractivity contribution in [1.82, 2.24) is 5.32 Å². The van der Waals surface area contributed by atoms with Crippen molar-refractivity contribution in [2.45, 2.75) is 66.7 Å². The first-order chi connectivity index (χ1) is 6.33. The fourth-order valence-electron chi connectivity index (χ4n) is 0.707. The normalized spacial score (nSPS) is 7.85. The Balaban J connectivity index is -0.000000131. The minimum absolute atomic E-state index is 1.16. The monoisotopic (exact) mass is 189 g/mol. The first-order valence-corrected chi connectivity index (χ1v) is 5.97. The van der Waals surface area contributed by atoms with E-state index in [-0.39, 0.29) is 0 Å². The SMILES string of the molecule is CC.CCCCC.CCCCNC. The summed E-state index contributed by atoms with van der Waals surface area (Å²) in [6, 6.07) is 0. The summed E-state index contributed by atoms with van der Waals surface area (Å²) < 4.78 is 0. The molecule has 0 aliphatic heterocycles. The van der Waals surface area contributed by atoms with Gasteiger partial charge in [0.15, 0.2) is 0 Å². The van der Waals surface area contributed by atoms with Gasteiger partial charge in [-0.3, -0.25) is 0 Å². The van der Waals surface area contributed by atoms with Crippen molar-refractivity contribution in [1.29, 1.82) is 0 Å². The van der Waals surface area contributed by atoms with Crippen molar-refractivity contribution >= 4 is 0 Å². The first-order valence-electron chi connectivity index (χ1n) is 5.97. The predicted octanol–water partition coefficient (Wildman–Crippen LogP) is 4.23. The van der Waals surface area contributed by atoms with Crippen molar-refractivity contribution in [2.75, 3.05) is 13.6 Å². The molecule has 0 aromatic rings. The highest BCUT2D eigenvalue weighted by Gasteiger charge is 1.73. The van der Waals surface area contributed by atoms with Crippen LogP contribution in [0.25, 0.3) is 0 Å². The average molecular weight is 189 g/mol. The van der Waals surface area contributed by atoms with Crippen LogP contribution in [-0.4, -0.2) is 13.6 Å². The largest absolute Gasteiger partial charge is 0.320 e. The van der Waals surface area contributed by atoms with Crippen LogP contribution in [0.3, 0.4) is 0 Å². The van der Waals surface area contributed by atoms with Gasteiger partial charge in [0.05, 0.1) is 0 Å². The summed E-state index contributed by atoms with van der Waals surface area (Å²) in [5.74, 6) is 0. The molecule has 0 unspecified atom stereocenters. The molecule has 0 rings (SSSR count). The van der Waals surface area contributed by atoms with E-state index in [1.165, 1.54) is 32.1 Å². The van der Waals surface area contributed by atoms with E-state index >= 15 is 0 Å². The van der Waals surface area contributed by atoms with E-state index in [2.05, 4.69) is 26.1 Å². The second kappa shape index (κ2) is 29.7. The Bertz CT molecular complexity index is 38.4. The fraction of sp³-hybridized carbons (Fsp3) is 1.00. The Morgan fingerprint density at radius 3 is 1.23 bits per heavy atom.